The van der Waals surface area contributed by atoms with Crippen molar-refractivity contribution < 1.29 is 0 Å². The molecule has 2 fully saturated rings. The van der Waals surface area contributed by atoms with Gasteiger partial charge in [0.2, 0.25) is 0 Å². The van der Waals surface area contributed by atoms with E-state index in [1.54, 1.807) is 0 Å². The van der Waals surface area contributed by atoms with E-state index in [-0.39, 0.29) is 0 Å². The lowest BCUT2D eigenvalue weighted by atomic mass is 10.0. The molecular weight excluding hydrogens is 232 g/mol. The lowest BCUT2D eigenvalue weighted by Crippen LogP contribution is -2.54. The number of hydrogen-bond donors (Lipinski definition) is 0. The van der Waals surface area contributed by atoms with E-state index in [9.17, 15) is 0 Å². The first-order valence-corrected chi connectivity index (χ1v) is 7.82. The van der Waals surface area contributed by atoms with Crippen molar-refractivity contribution >= 4 is 0 Å². The van der Waals surface area contributed by atoms with E-state index in [1.165, 1.54) is 43.6 Å². The maximum Gasteiger partial charge on any atom is 0.0240 e. The Balaban J connectivity index is 1.72. The van der Waals surface area contributed by atoms with Crippen molar-refractivity contribution in [2.24, 2.45) is 0 Å². The van der Waals surface area contributed by atoms with Crippen LogP contribution in [-0.4, -0.2) is 41.5 Å². The van der Waals surface area contributed by atoms with Crippen molar-refractivity contribution in [2.45, 2.75) is 51.7 Å². The van der Waals surface area contributed by atoms with Gasteiger partial charge in [0.25, 0.3) is 0 Å². The summed E-state index contributed by atoms with van der Waals surface area (Å²) in [6.07, 6.45) is 3.95. The molecular formula is C17H26N2. The third kappa shape index (κ3) is 2.70. The van der Waals surface area contributed by atoms with Gasteiger partial charge in [0.15, 0.2) is 0 Å². The van der Waals surface area contributed by atoms with Gasteiger partial charge in [0.1, 0.15) is 0 Å². The zero-order chi connectivity index (χ0) is 13.2. The smallest absolute Gasteiger partial charge is 0.0240 e. The highest BCUT2D eigenvalue weighted by Gasteiger charge is 2.34. The molecule has 2 unspecified atom stereocenters. The highest BCUT2D eigenvalue weighted by atomic mass is 15.3. The molecule has 0 amide bonds. The molecule has 1 aromatic rings. The van der Waals surface area contributed by atoms with Crippen LogP contribution in [-0.2, 0) is 13.0 Å². The number of benzene rings is 1. The van der Waals surface area contributed by atoms with E-state index >= 15 is 0 Å². The molecule has 0 bridgehead atoms. The van der Waals surface area contributed by atoms with Gasteiger partial charge in [-0.2, -0.15) is 0 Å². The molecule has 3 rings (SSSR count). The van der Waals surface area contributed by atoms with E-state index in [1.807, 2.05) is 0 Å². The van der Waals surface area contributed by atoms with Crippen LogP contribution in [0.3, 0.4) is 0 Å². The molecule has 104 valence electrons. The first-order chi connectivity index (χ1) is 9.28. The van der Waals surface area contributed by atoms with Gasteiger partial charge >= 0.3 is 0 Å². The first-order valence-electron chi connectivity index (χ1n) is 7.82. The summed E-state index contributed by atoms with van der Waals surface area (Å²) in [5, 5.41) is 0. The second kappa shape index (κ2) is 5.64. The Labute approximate surface area is 117 Å². The number of aryl methyl sites for hydroxylation is 1. The molecule has 0 radical (unpaired) electrons. The Hall–Kier alpha value is -0.860. The molecule has 2 nitrogen and oxygen atoms in total. The van der Waals surface area contributed by atoms with Crippen molar-refractivity contribution in [2.75, 3.05) is 19.6 Å². The minimum Gasteiger partial charge on any atom is -0.298 e. The second-order valence-electron chi connectivity index (χ2n) is 6.19. The fraction of sp³-hybridized carbons (Fsp3) is 0.647. The fourth-order valence-corrected chi connectivity index (χ4v) is 3.74. The van der Waals surface area contributed by atoms with Crippen molar-refractivity contribution in [1.82, 2.24) is 9.80 Å². The lowest BCUT2D eigenvalue weighted by molar-refractivity contribution is 0.0539. The summed E-state index contributed by atoms with van der Waals surface area (Å²) >= 11 is 0. The zero-order valence-electron chi connectivity index (χ0n) is 12.3. The Morgan fingerprint density at radius 1 is 1.16 bits per heavy atom. The Morgan fingerprint density at radius 2 is 1.95 bits per heavy atom. The van der Waals surface area contributed by atoms with Crippen LogP contribution in [0.1, 0.15) is 37.8 Å². The van der Waals surface area contributed by atoms with Crippen LogP contribution in [0.4, 0.5) is 0 Å². The molecule has 2 aliphatic rings. The normalized spacial score (nSPS) is 28.5. The minimum atomic E-state index is 0.694. The molecule has 2 saturated heterocycles. The van der Waals surface area contributed by atoms with Crippen molar-refractivity contribution in [3.63, 3.8) is 0 Å². The largest absolute Gasteiger partial charge is 0.298 e. The van der Waals surface area contributed by atoms with Crippen molar-refractivity contribution in [3.8, 4) is 0 Å². The topological polar surface area (TPSA) is 6.48 Å². The van der Waals surface area contributed by atoms with Gasteiger partial charge in [-0.25, -0.2) is 0 Å². The molecule has 2 heteroatoms. The molecule has 0 aliphatic carbocycles. The van der Waals surface area contributed by atoms with Gasteiger partial charge in [-0.05, 0) is 43.9 Å². The standard InChI is InChI=1S/C17H26N2/c1-3-15-7-4-5-8-16(15)12-19-13-17-9-6-10-18(17)11-14(19)2/h4-5,7-8,14,17H,3,6,9-13H2,1-2H3. The molecule has 0 N–H and O–H groups in total. The van der Waals surface area contributed by atoms with Crippen LogP contribution in [0.25, 0.3) is 0 Å². The monoisotopic (exact) mass is 258 g/mol. The third-order valence-corrected chi connectivity index (χ3v) is 4.94. The average Bonchev–Trinajstić information content (AvgIpc) is 2.87. The van der Waals surface area contributed by atoms with Crippen LogP contribution in [0.5, 0.6) is 0 Å². The van der Waals surface area contributed by atoms with Gasteiger partial charge in [-0.1, -0.05) is 31.2 Å². The highest BCUT2D eigenvalue weighted by Crippen LogP contribution is 2.26. The molecule has 19 heavy (non-hydrogen) atoms. The van der Waals surface area contributed by atoms with Gasteiger partial charge < -0.3 is 0 Å². The average molecular weight is 258 g/mol. The maximum absolute atomic E-state index is 2.70. The second-order valence-corrected chi connectivity index (χ2v) is 6.19. The molecule has 2 atom stereocenters. The Kier molecular flexibility index (Phi) is 3.90. The quantitative estimate of drug-likeness (QED) is 0.822. The van der Waals surface area contributed by atoms with Crippen LogP contribution in [0, 0.1) is 0 Å². The van der Waals surface area contributed by atoms with Gasteiger partial charge in [-0.15, -0.1) is 0 Å². The van der Waals surface area contributed by atoms with E-state index in [0.717, 1.165) is 19.0 Å². The molecule has 2 aliphatic heterocycles. The summed E-state index contributed by atoms with van der Waals surface area (Å²) in [6.45, 7) is 9.64. The van der Waals surface area contributed by atoms with Crippen LogP contribution >= 0.6 is 0 Å². The van der Waals surface area contributed by atoms with Crippen molar-refractivity contribution in [3.05, 3.63) is 35.4 Å². The number of nitrogens with zero attached hydrogens (tertiary/aromatic N) is 2. The van der Waals surface area contributed by atoms with E-state index in [4.69, 9.17) is 0 Å². The summed E-state index contributed by atoms with van der Waals surface area (Å²) in [7, 11) is 0. The summed E-state index contributed by atoms with van der Waals surface area (Å²) in [6, 6.07) is 10.5. The van der Waals surface area contributed by atoms with Crippen molar-refractivity contribution in [1.29, 1.82) is 0 Å². The Morgan fingerprint density at radius 3 is 2.74 bits per heavy atom. The summed E-state index contributed by atoms with van der Waals surface area (Å²) in [5.41, 5.74) is 3.05. The molecule has 0 saturated carbocycles. The molecule has 0 spiro atoms. The van der Waals surface area contributed by atoms with Gasteiger partial charge in [0, 0.05) is 31.7 Å². The molecule has 1 aromatic carbocycles. The number of rotatable bonds is 3. The lowest BCUT2D eigenvalue weighted by Gasteiger charge is -2.42. The summed E-state index contributed by atoms with van der Waals surface area (Å²) < 4.78 is 0. The summed E-state index contributed by atoms with van der Waals surface area (Å²) in [5.74, 6) is 0. The minimum absolute atomic E-state index is 0.694. The third-order valence-electron chi connectivity index (χ3n) is 4.94. The van der Waals surface area contributed by atoms with Crippen LogP contribution in [0.15, 0.2) is 24.3 Å². The number of hydrogen-bond acceptors (Lipinski definition) is 2. The fourth-order valence-electron chi connectivity index (χ4n) is 3.74. The first kappa shape index (κ1) is 13.1. The SMILES string of the molecule is CCc1ccccc1CN1CC2CCCN2CC1C. The predicted molar refractivity (Wildman–Crippen MR) is 80.3 cm³/mol. The molecule has 0 aromatic heterocycles. The van der Waals surface area contributed by atoms with Gasteiger partial charge in [0.05, 0.1) is 0 Å². The molecule has 2 heterocycles. The summed E-state index contributed by atoms with van der Waals surface area (Å²) in [4.78, 5) is 5.40. The highest BCUT2D eigenvalue weighted by molar-refractivity contribution is 5.27. The number of fused-ring (bicyclic) bond motifs is 1. The van der Waals surface area contributed by atoms with Gasteiger partial charge in [-0.3, -0.25) is 9.80 Å². The van der Waals surface area contributed by atoms with E-state index in [2.05, 4.69) is 47.9 Å². The predicted octanol–water partition coefficient (Wildman–Crippen LogP) is 2.92. The Bertz CT molecular complexity index is 429. The maximum atomic E-state index is 2.70. The van der Waals surface area contributed by atoms with E-state index < -0.39 is 0 Å². The number of piperazine rings is 1. The van der Waals surface area contributed by atoms with E-state index in [0.29, 0.717) is 6.04 Å². The zero-order valence-corrected chi connectivity index (χ0v) is 12.3. The van der Waals surface area contributed by atoms with Crippen LogP contribution < -0.4 is 0 Å². The van der Waals surface area contributed by atoms with Crippen LogP contribution in [0.2, 0.25) is 0 Å².